The average Bonchev–Trinajstić information content (AvgIpc) is 2.47. The van der Waals surface area contributed by atoms with Crippen LogP contribution in [0.15, 0.2) is 12.3 Å². The summed E-state index contributed by atoms with van der Waals surface area (Å²) in [6.07, 6.45) is 3.95. The van der Waals surface area contributed by atoms with Crippen molar-refractivity contribution in [3.8, 4) is 0 Å². The van der Waals surface area contributed by atoms with E-state index in [4.69, 9.17) is 0 Å². The van der Waals surface area contributed by atoms with E-state index in [1.54, 1.807) is 0 Å². The Hall–Kier alpha value is -1.05. The van der Waals surface area contributed by atoms with Crippen molar-refractivity contribution in [1.29, 1.82) is 0 Å². The van der Waals surface area contributed by atoms with Crippen molar-refractivity contribution in [2.75, 3.05) is 0 Å². The van der Waals surface area contributed by atoms with E-state index in [0.717, 1.165) is 18.4 Å². The molecule has 0 N–H and O–H groups in total. The number of aldehydes is 1. The lowest BCUT2D eigenvalue weighted by atomic mass is 10.2. The summed E-state index contributed by atoms with van der Waals surface area (Å²) in [4.78, 5) is 10.6. The minimum atomic E-state index is 0.366. The molecule has 0 aliphatic rings. The maximum Gasteiger partial charge on any atom is 0.166 e. The monoisotopic (exact) mass is 165 g/mol. The Morgan fingerprint density at radius 3 is 2.58 bits per heavy atom. The van der Waals surface area contributed by atoms with Crippen LogP contribution in [0.5, 0.6) is 0 Å². The quantitative estimate of drug-likeness (QED) is 0.630. The van der Waals surface area contributed by atoms with Crippen LogP contribution in [0.1, 0.15) is 42.9 Å². The first kappa shape index (κ1) is 9.04. The van der Waals surface area contributed by atoms with E-state index in [9.17, 15) is 4.79 Å². The Balaban J connectivity index is 3.08. The van der Waals surface area contributed by atoms with E-state index in [0.29, 0.717) is 6.04 Å². The van der Waals surface area contributed by atoms with Crippen molar-refractivity contribution in [2.45, 2.75) is 33.2 Å². The molecule has 0 atom stereocenters. The second kappa shape index (κ2) is 3.57. The van der Waals surface area contributed by atoms with Crippen LogP contribution in [0.3, 0.4) is 0 Å². The van der Waals surface area contributed by atoms with E-state index in [1.807, 2.05) is 10.6 Å². The third-order valence-electron chi connectivity index (χ3n) is 2.02. The highest BCUT2D eigenvalue weighted by atomic mass is 16.1. The number of rotatable bonds is 3. The van der Waals surface area contributed by atoms with E-state index in [2.05, 4.69) is 27.0 Å². The molecule has 0 bridgehead atoms. The fourth-order valence-electron chi connectivity index (χ4n) is 1.29. The van der Waals surface area contributed by atoms with E-state index >= 15 is 0 Å². The molecule has 0 aromatic carbocycles. The maximum absolute atomic E-state index is 10.6. The first-order valence-electron chi connectivity index (χ1n) is 4.35. The topological polar surface area (TPSA) is 22.0 Å². The Bertz CT molecular complexity index is 273. The van der Waals surface area contributed by atoms with Crippen LogP contribution in [0.4, 0.5) is 0 Å². The number of aryl methyl sites for hydroxylation is 1. The molecule has 0 saturated carbocycles. The van der Waals surface area contributed by atoms with Crippen LogP contribution in [0, 0.1) is 0 Å². The molecule has 2 heteroatoms. The lowest BCUT2D eigenvalue weighted by Crippen LogP contribution is -2.02. The van der Waals surface area contributed by atoms with Gasteiger partial charge in [0.05, 0.1) is 5.69 Å². The van der Waals surface area contributed by atoms with Crippen molar-refractivity contribution in [1.82, 2.24) is 4.57 Å². The molecule has 0 amide bonds. The molecular formula is C10H15NO. The molecule has 0 unspecified atom stereocenters. The number of aromatic nitrogens is 1. The van der Waals surface area contributed by atoms with Crippen LogP contribution in [-0.4, -0.2) is 10.9 Å². The maximum atomic E-state index is 10.6. The molecule has 0 fully saturated rings. The Kier molecular flexibility index (Phi) is 2.69. The van der Waals surface area contributed by atoms with E-state index in [-0.39, 0.29) is 0 Å². The second-order valence-corrected chi connectivity index (χ2v) is 3.25. The zero-order chi connectivity index (χ0) is 9.14. The highest BCUT2D eigenvalue weighted by Crippen LogP contribution is 2.13. The van der Waals surface area contributed by atoms with Gasteiger partial charge in [0.15, 0.2) is 6.29 Å². The third kappa shape index (κ3) is 1.58. The molecule has 2 nitrogen and oxygen atoms in total. The zero-order valence-electron chi connectivity index (χ0n) is 7.87. The van der Waals surface area contributed by atoms with Gasteiger partial charge in [0.2, 0.25) is 0 Å². The number of hydrogen-bond acceptors (Lipinski definition) is 1. The van der Waals surface area contributed by atoms with Gasteiger partial charge in [-0.3, -0.25) is 4.79 Å². The molecule has 0 spiro atoms. The zero-order valence-corrected chi connectivity index (χ0v) is 7.87. The van der Waals surface area contributed by atoms with Gasteiger partial charge < -0.3 is 4.57 Å². The summed E-state index contributed by atoms with van der Waals surface area (Å²) in [5.41, 5.74) is 2.01. The molecule has 1 rings (SSSR count). The Morgan fingerprint density at radius 2 is 2.25 bits per heavy atom. The Morgan fingerprint density at radius 1 is 1.58 bits per heavy atom. The highest BCUT2D eigenvalue weighted by Gasteiger charge is 2.05. The third-order valence-corrected chi connectivity index (χ3v) is 2.02. The molecule has 0 aliphatic carbocycles. The summed E-state index contributed by atoms with van der Waals surface area (Å²) < 4.78 is 2.01. The van der Waals surface area contributed by atoms with E-state index < -0.39 is 0 Å². The number of hydrogen-bond donors (Lipinski definition) is 0. The van der Waals surface area contributed by atoms with Crippen LogP contribution in [0.25, 0.3) is 0 Å². The molecule has 1 heterocycles. The van der Waals surface area contributed by atoms with Gasteiger partial charge in [0.1, 0.15) is 0 Å². The lowest BCUT2D eigenvalue weighted by molar-refractivity contribution is 0.111. The largest absolute Gasteiger partial charge is 0.343 e. The molecular weight excluding hydrogens is 150 g/mol. The molecule has 1 aromatic rings. The molecule has 0 radical (unpaired) electrons. The predicted octanol–water partition coefficient (Wildman–Crippen LogP) is 2.44. The van der Waals surface area contributed by atoms with Crippen LogP contribution < -0.4 is 0 Å². The van der Waals surface area contributed by atoms with E-state index in [1.165, 1.54) is 5.56 Å². The highest BCUT2D eigenvalue weighted by molar-refractivity contribution is 5.73. The number of carbonyl (C=O) groups excluding carboxylic acids is 1. The summed E-state index contributed by atoms with van der Waals surface area (Å²) in [6, 6.07) is 2.32. The minimum Gasteiger partial charge on any atom is -0.343 e. The van der Waals surface area contributed by atoms with Gasteiger partial charge in [-0.15, -0.1) is 0 Å². The normalized spacial score (nSPS) is 10.7. The van der Waals surface area contributed by atoms with Crippen LogP contribution >= 0.6 is 0 Å². The minimum absolute atomic E-state index is 0.366. The standard InChI is InChI=1S/C10H15NO/c1-4-9-5-10(7-12)11(6-9)8(2)3/h5-8H,4H2,1-3H3. The average molecular weight is 165 g/mol. The van der Waals surface area contributed by atoms with Crippen molar-refractivity contribution in [3.05, 3.63) is 23.5 Å². The number of carbonyl (C=O) groups is 1. The van der Waals surface area contributed by atoms with Crippen LogP contribution in [0.2, 0.25) is 0 Å². The summed E-state index contributed by atoms with van der Waals surface area (Å²) >= 11 is 0. The molecule has 0 saturated heterocycles. The summed E-state index contributed by atoms with van der Waals surface area (Å²) in [6.45, 7) is 6.24. The SMILES string of the molecule is CCc1cc(C=O)n(C(C)C)c1. The van der Waals surface area contributed by atoms with Crippen molar-refractivity contribution in [3.63, 3.8) is 0 Å². The van der Waals surface area contributed by atoms with Gasteiger partial charge in [-0.2, -0.15) is 0 Å². The van der Waals surface area contributed by atoms with Crippen molar-refractivity contribution >= 4 is 6.29 Å². The molecule has 12 heavy (non-hydrogen) atoms. The summed E-state index contributed by atoms with van der Waals surface area (Å²) in [5, 5.41) is 0. The fraction of sp³-hybridized carbons (Fsp3) is 0.500. The fourth-order valence-corrected chi connectivity index (χ4v) is 1.29. The predicted molar refractivity (Wildman–Crippen MR) is 49.6 cm³/mol. The van der Waals surface area contributed by atoms with Crippen LogP contribution in [-0.2, 0) is 6.42 Å². The van der Waals surface area contributed by atoms with Gasteiger partial charge in [0.25, 0.3) is 0 Å². The second-order valence-electron chi connectivity index (χ2n) is 3.25. The first-order valence-corrected chi connectivity index (χ1v) is 4.35. The van der Waals surface area contributed by atoms with Gasteiger partial charge in [-0.05, 0) is 31.9 Å². The smallest absolute Gasteiger partial charge is 0.166 e. The summed E-state index contributed by atoms with van der Waals surface area (Å²) in [7, 11) is 0. The van der Waals surface area contributed by atoms with Gasteiger partial charge >= 0.3 is 0 Å². The number of nitrogens with zero attached hydrogens (tertiary/aromatic N) is 1. The molecule has 1 aromatic heterocycles. The molecule has 0 aliphatic heterocycles. The molecule has 66 valence electrons. The lowest BCUT2D eigenvalue weighted by Gasteiger charge is -2.08. The Labute approximate surface area is 73.2 Å². The van der Waals surface area contributed by atoms with Crippen molar-refractivity contribution < 1.29 is 4.79 Å². The first-order chi connectivity index (χ1) is 5.69. The van der Waals surface area contributed by atoms with Gasteiger partial charge in [-0.1, -0.05) is 6.92 Å². The van der Waals surface area contributed by atoms with Gasteiger partial charge in [-0.25, -0.2) is 0 Å². The van der Waals surface area contributed by atoms with Gasteiger partial charge in [0, 0.05) is 12.2 Å². The van der Waals surface area contributed by atoms with Crippen molar-refractivity contribution in [2.24, 2.45) is 0 Å². The summed E-state index contributed by atoms with van der Waals surface area (Å²) in [5.74, 6) is 0.